The van der Waals surface area contributed by atoms with Crippen molar-refractivity contribution in [3.05, 3.63) is 23.8 Å². The molecule has 0 aromatic heterocycles. The van der Waals surface area contributed by atoms with Crippen LogP contribution in [0.1, 0.15) is 39.2 Å². The van der Waals surface area contributed by atoms with E-state index in [1.165, 1.54) is 11.3 Å². The molecular formula is C14H22N2S2. The van der Waals surface area contributed by atoms with Gasteiger partial charge in [-0.05, 0) is 31.2 Å². The fourth-order valence-electron chi connectivity index (χ4n) is 1.95. The van der Waals surface area contributed by atoms with E-state index in [0.29, 0.717) is 11.0 Å². The highest BCUT2D eigenvalue weighted by Gasteiger charge is 2.12. The summed E-state index contributed by atoms with van der Waals surface area (Å²) in [6, 6.07) is 6.63. The van der Waals surface area contributed by atoms with Crippen molar-refractivity contribution in [1.29, 1.82) is 0 Å². The van der Waals surface area contributed by atoms with Crippen molar-refractivity contribution in [2.24, 2.45) is 5.73 Å². The molecule has 0 bridgehead atoms. The van der Waals surface area contributed by atoms with Crippen molar-refractivity contribution in [3.8, 4) is 0 Å². The Balaban J connectivity index is 3.02. The van der Waals surface area contributed by atoms with Crippen molar-refractivity contribution in [2.75, 3.05) is 11.1 Å². The lowest BCUT2D eigenvalue weighted by molar-refractivity contribution is 0.690. The number of benzene rings is 1. The minimum Gasteiger partial charge on any atom is -0.389 e. The Kier molecular flexibility index (Phi) is 6.50. The number of thiocarbonyl (C=S) groups is 1. The molecule has 0 heterocycles. The van der Waals surface area contributed by atoms with Crippen LogP contribution < -0.4 is 11.1 Å². The zero-order chi connectivity index (χ0) is 13.5. The lowest BCUT2D eigenvalue weighted by Crippen LogP contribution is -2.20. The molecule has 2 nitrogen and oxygen atoms in total. The number of hydrogen-bond donors (Lipinski definition) is 2. The van der Waals surface area contributed by atoms with Gasteiger partial charge in [-0.3, -0.25) is 0 Å². The lowest BCUT2D eigenvalue weighted by atomic mass is 10.1. The molecule has 1 aromatic rings. The predicted molar refractivity (Wildman–Crippen MR) is 86.7 cm³/mol. The van der Waals surface area contributed by atoms with Crippen molar-refractivity contribution < 1.29 is 0 Å². The Morgan fingerprint density at radius 2 is 2.17 bits per heavy atom. The van der Waals surface area contributed by atoms with Gasteiger partial charge in [0.2, 0.25) is 0 Å². The molecule has 1 rings (SSSR count). The van der Waals surface area contributed by atoms with E-state index in [9.17, 15) is 0 Å². The third kappa shape index (κ3) is 4.18. The summed E-state index contributed by atoms with van der Waals surface area (Å²) in [7, 11) is 0. The quantitative estimate of drug-likeness (QED) is 0.585. The van der Waals surface area contributed by atoms with Crippen LogP contribution in [-0.2, 0) is 0 Å². The second-order valence-corrected chi connectivity index (χ2v) is 6.06. The van der Waals surface area contributed by atoms with Gasteiger partial charge in [0.15, 0.2) is 0 Å². The molecule has 0 saturated carbocycles. The number of thioether (sulfide) groups is 1. The minimum atomic E-state index is 0.435. The first-order valence-corrected chi connectivity index (χ1v) is 7.81. The first kappa shape index (κ1) is 15.3. The maximum atomic E-state index is 5.87. The van der Waals surface area contributed by atoms with Crippen molar-refractivity contribution in [3.63, 3.8) is 0 Å². The van der Waals surface area contributed by atoms with Gasteiger partial charge in [0.1, 0.15) is 4.99 Å². The molecule has 1 unspecified atom stereocenters. The molecule has 0 spiro atoms. The minimum absolute atomic E-state index is 0.435. The summed E-state index contributed by atoms with van der Waals surface area (Å²) < 4.78 is 0. The standard InChI is InChI=1S/C14H22N2S2/c1-4-7-10(3)16-11-8-6-9-12(18-5-2)13(11)14(15)17/h6,8-10,16H,4-5,7H2,1-3H3,(H2,15,17). The normalized spacial score (nSPS) is 12.2. The molecule has 0 aliphatic carbocycles. The Bertz CT molecular complexity index is 405. The highest BCUT2D eigenvalue weighted by Crippen LogP contribution is 2.29. The van der Waals surface area contributed by atoms with E-state index in [1.807, 2.05) is 0 Å². The topological polar surface area (TPSA) is 38.0 Å². The van der Waals surface area contributed by atoms with Crippen LogP contribution in [0.2, 0.25) is 0 Å². The van der Waals surface area contributed by atoms with Crippen LogP contribution in [0.4, 0.5) is 5.69 Å². The summed E-state index contributed by atoms with van der Waals surface area (Å²) in [5.74, 6) is 1.02. The van der Waals surface area contributed by atoms with Crippen molar-refractivity contribution in [1.82, 2.24) is 0 Å². The second-order valence-electron chi connectivity index (χ2n) is 4.31. The molecule has 0 aliphatic rings. The van der Waals surface area contributed by atoms with Crippen molar-refractivity contribution >= 4 is 34.7 Å². The molecule has 100 valence electrons. The summed E-state index contributed by atoms with van der Waals surface area (Å²) in [5.41, 5.74) is 7.92. The smallest absolute Gasteiger partial charge is 0.107 e. The average Bonchev–Trinajstić information content (AvgIpc) is 2.29. The summed E-state index contributed by atoms with van der Waals surface area (Å²) >= 11 is 6.97. The van der Waals surface area contributed by atoms with Gasteiger partial charge >= 0.3 is 0 Å². The fraction of sp³-hybridized carbons (Fsp3) is 0.500. The largest absolute Gasteiger partial charge is 0.389 e. The first-order valence-electron chi connectivity index (χ1n) is 6.42. The number of nitrogens with one attached hydrogen (secondary N) is 1. The molecule has 3 N–H and O–H groups in total. The van der Waals surface area contributed by atoms with Gasteiger partial charge in [0.05, 0.1) is 0 Å². The van der Waals surface area contributed by atoms with Crippen LogP contribution >= 0.6 is 24.0 Å². The third-order valence-corrected chi connectivity index (χ3v) is 3.84. The fourth-order valence-corrected chi connectivity index (χ4v) is 3.09. The van der Waals surface area contributed by atoms with Gasteiger partial charge in [0, 0.05) is 22.2 Å². The van der Waals surface area contributed by atoms with E-state index in [2.05, 4.69) is 44.3 Å². The van der Waals surface area contributed by atoms with E-state index >= 15 is 0 Å². The monoisotopic (exact) mass is 282 g/mol. The summed E-state index contributed by atoms with van der Waals surface area (Å²) in [5, 5.41) is 3.51. The highest BCUT2D eigenvalue weighted by molar-refractivity contribution is 7.99. The van der Waals surface area contributed by atoms with Gasteiger partial charge in [0.25, 0.3) is 0 Å². The second kappa shape index (κ2) is 7.64. The van der Waals surface area contributed by atoms with Crippen LogP contribution in [-0.4, -0.2) is 16.8 Å². The zero-order valence-corrected chi connectivity index (χ0v) is 13.0. The lowest BCUT2D eigenvalue weighted by Gasteiger charge is -2.19. The van der Waals surface area contributed by atoms with Gasteiger partial charge in [-0.1, -0.05) is 38.6 Å². The first-order chi connectivity index (χ1) is 8.60. The van der Waals surface area contributed by atoms with E-state index < -0.39 is 0 Å². The van der Waals surface area contributed by atoms with Gasteiger partial charge in [-0.25, -0.2) is 0 Å². The van der Waals surface area contributed by atoms with Crippen LogP contribution in [0.25, 0.3) is 0 Å². The average molecular weight is 282 g/mol. The van der Waals surface area contributed by atoms with E-state index in [1.54, 1.807) is 11.8 Å². The van der Waals surface area contributed by atoms with Gasteiger partial charge in [-0.2, -0.15) is 0 Å². The maximum Gasteiger partial charge on any atom is 0.107 e. The Hall–Kier alpha value is -0.740. The highest BCUT2D eigenvalue weighted by atomic mass is 32.2. The van der Waals surface area contributed by atoms with Crippen LogP contribution in [0, 0.1) is 0 Å². The van der Waals surface area contributed by atoms with E-state index in [4.69, 9.17) is 18.0 Å². The molecule has 0 fully saturated rings. The Morgan fingerprint density at radius 1 is 1.44 bits per heavy atom. The number of nitrogens with two attached hydrogens (primary N) is 1. The van der Waals surface area contributed by atoms with Gasteiger partial charge in [-0.15, -0.1) is 11.8 Å². The van der Waals surface area contributed by atoms with Crippen LogP contribution in [0.5, 0.6) is 0 Å². The molecule has 1 atom stereocenters. The summed E-state index contributed by atoms with van der Waals surface area (Å²) in [6.07, 6.45) is 2.31. The maximum absolute atomic E-state index is 5.87. The SMILES string of the molecule is CCCC(C)Nc1cccc(SCC)c1C(N)=S. The molecule has 1 aromatic carbocycles. The number of hydrogen-bond acceptors (Lipinski definition) is 3. The van der Waals surface area contributed by atoms with E-state index in [-0.39, 0.29) is 0 Å². The van der Waals surface area contributed by atoms with Crippen LogP contribution in [0.15, 0.2) is 23.1 Å². The predicted octanol–water partition coefficient (Wildman–Crippen LogP) is 4.03. The molecule has 0 amide bonds. The molecule has 0 aliphatic heterocycles. The Labute approximate surface area is 120 Å². The van der Waals surface area contributed by atoms with Crippen molar-refractivity contribution in [2.45, 2.75) is 44.6 Å². The summed E-state index contributed by atoms with van der Waals surface area (Å²) in [6.45, 7) is 6.51. The number of anilines is 1. The Morgan fingerprint density at radius 3 is 2.72 bits per heavy atom. The molecular weight excluding hydrogens is 260 g/mol. The van der Waals surface area contributed by atoms with Crippen LogP contribution in [0.3, 0.4) is 0 Å². The van der Waals surface area contributed by atoms with E-state index in [0.717, 1.165) is 23.4 Å². The molecule has 0 saturated heterocycles. The molecule has 18 heavy (non-hydrogen) atoms. The third-order valence-electron chi connectivity index (χ3n) is 2.70. The molecule has 4 heteroatoms. The summed E-state index contributed by atoms with van der Waals surface area (Å²) in [4.78, 5) is 1.64. The van der Waals surface area contributed by atoms with Gasteiger partial charge < -0.3 is 11.1 Å². The zero-order valence-electron chi connectivity index (χ0n) is 11.3. The molecule has 0 radical (unpaired) electrons. The number of rotatable bonds is 7.